The van der Waals surface area contributed by atoms with Gasteiger partial charge in [0.05, 0.1) is 13.7 Å². The van der Waals surface area contributed by atoms with Crippen molar-refractivity contribution in [3.63, 3.8) is 0 Å². The molecule has 0 saturated heterocycles. The van der Waals surface area contributed by atoms with Crippen molar-refractivity contribution in [1.29, 1.82) is 5.26 Å². The van der Waals surface area contributed by atoms with Crippen molar-refractivity contribution in [2.24, 2.45) is 0 Å². The molecule has 0 N–H and O–H groups in total. The molecule has 0 aromatic heterocycles. The molecule has 0 atom stereocenters. The minimum atomic E-state index is -0.739. The van der Waals surface area contributed by atoms with E-state index in [1.54, 1.807) is 19.1 Å². The SMILES string of the molecule is CCOc1cc(/C=C(/C#N)C(=O)OC)c(Br)cc1OC(C)=O. The average Bonchev–Trinajstić information content (AvgIpc) is 2.47. The monoisotopic (exact) mass is 367 g/mol. The van der Waals surface area contributed by atoms with Crippen LogP contribution in [0.25, 0.3) is 6.08 Å². The first-order valence-electron chi connectivity index (χ1n) is 6.27. The Kier molecular flexibility index (Phi) is 6.60. The molecule has 7 heteroatoms. The second-order valence-electron chi connectivity index (χ2n) is 4.01. The Balaban J connectivity index is 3.35. The van der Waals surface area contributed by atoms with Crippen molar-refractivity contribution in [3.8, 4) is 17.6 Å². The molecule has 6 nitrogen and oxygen atoms in total. The number of carbonyl (C=O) groups excluding carboxylic acids is 2. The van der Waals surface area contributed by atoms with E-state index >= 15 is 0 Å². The van der Waals surface area contributed by atoms with Gasteiger partial charge in [0.1, 0.15) is 11.6 Å². The number of hydrogen-bond donors (Lipinski definition) is 0. The van der Waals surface area contributed by atoms with Crippen molar-refractivity contribution < 1.29 is 23.8 Å². The van der Waals surface area contributed by atoms with Gasteiger partial charge in [-0.05, 0) is 30.7 Å². The van der Waals surface area contributed by atoms with Crippen molar-refractivity contribution in [2.45, 2.75) is 13.8 Å². The molecule has 1 aromatic rings. The molecule has 0 fully saturated rings. The number of esters is 2. The molecule has 0 unspecified atom stereocenters. The van der Waals surface area contributed by atoms with Gasteiger partial charge < -0.3 is 14.2 Å². The highest BCUT2D eigenvalue weighted by Crippen LogP contribution is 2.35. The Bertz CT molecular complexity index is 661. The molecular weight excluding hydrogens is 354 g/mol. The Labute approximate surface area is 136 Å². The Morgan fingerprint density at radius 1 is 1.36 bits per heavy atom. The van der Waals surface area contributed by atoms with E-state index in [1.807, 2.05) is 0 Å². The van der Waals surface area contributed by atoms with Gasteiger partial charge in [0.15, 0.2) is 11.5 Å². The summed E-state index contributed by atoms with van der Waals surface area (Å²) in [5.74, 6) is -0.649. The zero-order valence-electron chi connectivity index (χ0n) is 12.3. The molecule has 0 radical (unpaired) electrons. The number of nitriles is 1. The van der Waals surface area contributed by atoms with Crippen LogP contribution in [0.15, 0.2) is 22.2 Å². The first-order valence-corrected chi connectivity index (χ1v) is 7.07. The topological polar surface area (TPSA) is 85.6 Å². The zero-order valence-corrected chi connectivity index (χ0v) is 13.9. The summed E-state index contributed by atoms with van der Waals surface area (Å²) in [5, 5.41) is 8.99. The maximum Gasteiger partial charge on any atom is 0.348 e. The van der Waals surface area contributed by atoms with Gasteiger partial charge in [-0.15, -0.1) is 0 Å². The maximum absolute atomic E-state index is 11.5. The third kappa shape index (κ3) is 4.60. The first-order chi connectivity index (χ1) is 10.4. The van der Waals surface area contributed by atoms with E-state index < -0.39 is 11.9 Å². The van der Waals surface area contributed by atoms with Crippen molar-refractivity contribution >= 4 is 33.9 Å². The summed E-state index contributed by atoms with van der Waals surface area (Å²) in [6.45, 7) is 3.42. The molecule has 0 aliphatic rings. The minimum Gasteiger partial charge on any atom is -0.490 e. The number of nitrogens with zero attached hydrogens (tertiary/aromatic N) is 1. The van der Waals surface area contributed by atoms with Crippen LogP contribution in [-0.2, 0) is 14.3 Å². The summed E-state index contributed by atoms with van der Waals surface area (Å²) >= 11 is 3.30. The maximum atomic E-state index is 11.5. The van der Waals surface area contributed by atoms with E-state index in [2.05, 4.69) is 20.7 Å². The van der Waals surface area contributed by atoms with Gasteiger partial charge in [-0.25, -0.2) is 4.79 Å². The van der Waals surface area contributed by atoms with E-state index in [9.17, 15) is 9.59 Å². The summed E-state index contributed by atoms with van der Waals surface area (Å²) in [5.41, 5.74) is 0.354. The predicted molar refractivity (Wildman–Crippen MR) is 82.2 cm³/mol. The highest BCUT2D eigenvalue weighted by Gasteiger charge is 2.14. The van der Waals surface area contributed by atoms with Crippen LogP contribution in [0.1, 0.15) is 19.4 Å². The highest BCUT2D eigenvalue weighted by molar-refractivity contribution is 9.10. The quantitative estimate of drug-likeness (QED) is 0.344. The predicted octanol–water partition coefficient (Wildman–Crippen LogP) is 2.85. The van der Waals surface area contributed by atoms with Gasteiger partial charge in [0, 0.05) is 11.4 Å². The number of rotatable bonds is 5. The largest absolute Gasteiger partial charge is 0.490 e. The lowest BCUT2D eigenvalue weighted by atomic mass is 10.1. The lowest BCUT2D eigenvalue weighted by Crippen LogP contribution is -2.05. The van der Waals surface area contributed by atoms with Crippen molar-refractivity contribution in [1.82, 2.24) is 0 Å². The van der Waals surface area contributed by atoms with E-state index in [-0.39, 0.29) is 11.3 Å². The molecule has 0 aliphatic heterocycles. The smallest absolute Gasteiger partial charge is 0.348 e. The Morgan fingerprint density at radius 3 is 2.55 bits per heavy atom. The molecule has 0 spiro atoms. The van der Waals surface area contributed by atoms with E-state index in [0.717, 1.165) is 0 Å². The summed E-state index contributed by atoms with van der Waals surface area (Å²) in [7, 11) is 1.19. The Hall–Kier alpha value is -2.33. The highest BCUT2D eigenvalue weighted by atomic mass is 79.9. The van der Waals surface area contributed by atoms with E-state index in [0.29, 0.717) is 22.4 Å². The lowest BCUT2D eigenvalue weighted by Gasteiger charge is -2.12. The van der Waals surface area contributed by atoms with Crippen LogP contribution in [0.5, 0.6) is 11.5 Å². The molecule has 0 bridgehead atoms. The summed E-state index contributed by atoms with van der Waals surface area (Å²) < 4.78 is 15.5. The van der Waals surface area contributed by atoms with Gasteiger partial charge >= 0.3 is 11.9 Å². The van der Waals surface area contributed by atoms with Crippen LogP contribution in [0.4, 0.5) is 0 Å². The van der Waals surface area contributed by atoms with Crippen LogP contribution in [0.2, 0.25) is 0 Å². The molecule has 116 valence electrons. The first kappa shape index (κ1) is 17.7. The van der Waals surface area contributed by atoms with Crippen LogP contribution < -0.4 is 9.47 Å². The second kappa shape index (κ2) is 8.20. The van der Waals surface area contributed by atoms with Crippen molar-refractivity contribution in [2.75, 3.05) is 13.7 Å². The number of methoxy groups -OCH3 is 1. The number of hydrogen-bond acceptors (Lipinski definition) is 6. The average molecular weight is 368 g/mol. The third-order valence-electron chi connectivity index (χ3n) is 2.44. The molecule has 1 aromatic carbocycles. The Morgan fingerprint density at radius 2 is 2.05 bits per heavy atom. The molecular formula is C15H14BrNO5. The third-order valence-corrected chi connectivity index (χ3v) is 3.13. The van der Waals surface area contributed by atoms with Gasteiger partial charge in [0.25, 0.3) is 0 Å². The lowest BCUT2D eigenvalue weighted by molar-refractivity contribution is -0.135. The van der Waals surface area contributed by atoms with Crippen LogP contribution in [0.3, 0.4) is 0 Å². The number of carbonyl (C=O) groups is 2. The van der Waals surface area contributed by atoms with Gasteiger partial charge in [-0.1, -0.05) is 15.9 Å². The molecule has 0 amide bonds. The van der Waals surface area contributed by atoms with E-state index in [1.165, 1.54) is 26.2 Å². The van der Waals surface area contributed by atoms with E-state index in [4.69, 9.17) is 14.7 Å². The van der Waals surface area contributed by atoms with Gasteiger partial charge in [-0.2, -0.15) is 5.26 Å². The standard InChI is InChI=1S/C15H14BrNO5/c1-4-21-13-6-10(5-11(8-17)15(19)20-3)12(16)7-14(13)22-9(2)18/h5-7H,4H2,1-3H3/b11-5-. The molecule has 0 saturated carbocycles. The number of halogens is 1. The normalized spacial score (nSPS) is 10.6. The summed E-state index contributed by atoms with van der Waals surface area (Å²) in [6, 6.07) is 4.86. The van der Waals surface area contributed by atoms with Crippen LogP contribution >= 0.6 is 15.9 Å². The number of benzene rings is 1. The fraction of sp³-hybridized carbons (Fsp3) is 0.267. The van der Waals surface area contributed by atoms with Gasteiger partial charge in [-0.3, -0.25) is 4.79 Å². The fourth-order valence-corrected chi connectivity index (χ4v) is 2.00. The second-order valence-corrected chi connectivity index (χ2v) is 4.86. The summed E-state index contributed by atoms with van der Waals surface area (Å²) in [6.07, 6.45) is 1.36. The van der Waals surface area contributed by atoms with Crippen LogP contribution in [-0.4, -0.2) is 25.7 Å². The molecule has 0 aliphatic carbocycles. The van der Waals surface area contributed by atoms with Crippen molar-refractivity contribution in [3.05, 3.63) is 27.7 Å². The van der Waals surface area contributed by atoms with Crippen LogP contribution in [0, 0.1) is 11.3 Å². The molecule has 0 heterocycles. The minimum absolute atomic E-state index is 0.161. The summed E-state index contributed by atoms with van der Waals surface area (Å²) in [4.78, 5) is 22.6. The number of ether oxygens (including phenoxy) is 3. The zero-order chi connectivity index (χ0) is 16.7. The molecule has 22 heavy (non-hydrogen) atoms. The molecule has 1 rings (SSSR count). The van der Waals surface area contributed by atoms with Gasteiger partial charge in [0.2, 0.25) is 0 Å². The fourth-order valence-electron chi connectivity index (χ4n) is 1.57.